The third-order valence-electron chi connectivity index (χ3n) is 3.92. The molecule has 0 aromatic heterocycles. The normalized spacial score (nSPS) is 23.4. The topological polar surface area (TPSA) is 50.4 Å². The Hall–Kier alpha value is -1.55. The van der Waals surface area contributed by atoms with Gasteiger partial charge in [-0.2, -0.15) is 0 Å². The van der Waals surface area contributed by atoms with Crippen LogP contribution in [0.4, 0.5) is 5.69 Å². The molecule has 102 valence electrons. The van der Waals surface area contributed by atoms with Gasteiger partial charge in [0.2, 0.25) is 5.91 Å². The van der Waals surface area contributed by atoms with E-state index < -0.39 is 0 Å². The lowest BCUT2D eigenvalue weighted by Crippen LogP contribution is -2.41. The lowest BCUT2D eigenvalue weighted by atomic mass is 10.2. The lowest BCUT2D eigenvalue weighted by molar-refractivity contribution is -0.123. The van der Waals surface area contributed by atoms with Crippen LogP contribution in [0.15, 0.2) is 24.3 Å². The highest BCUT2D eigenvalue weighted by Gasteiger charge is 2.25. The number of hydrogen-bond acceptors (Lipinski definition) is 3. The lowest BCUT2D eigenvalue weighted by Gasteiger charge is -2.19. The third kappa shape index (κ3) is 2.89. The molecule has 1 aromatic carbocycles. The number of nitrogens with one attached hydrogen (secondary N) is 2. The highest BCUT2D eigenvalue weighted by molar-refractivity contribution is 5.86. The number of anilines is 1. The Morgan fingerprint density at radius 3 is 2.84 bits per heavy atom. The van der Waals surface area contributed by atoms with Crippen molar-refractivity contribution in [1.29, 1.82) is 0 Å². The molecule has 4 heteroatoms. The summed E-state index contributed by atoms with van der Waals surface area (Å²) in [5.41, 5.74) is 2.15. The van der Waals surface area contributed by atoms with Crippen molar-refractivity contribution >= 4 is 11.6 Å². The van der Waals surface area contributed by atoms with Crippen LogP contribution in [-0.4, -0.2) is 24.7 Å². The summed E-state index contributed by atoms with van der Waals surface area (Å²) in [6.07, 6.45) is 5.10. The van der Waals surface area contributed by atoms with Crippen LogP contribution < -0.4 is 10.6 Å². The summed E-state index contributed by atoms with van der Waals surface area (Å²) < 4.78 is 5.86. The fourth-order valence-corrected chi connectivity index (χ4v) is 2.78. The summed E-state index contributed by atoms with van der Waals surface area (Å²) in [6, 6.07) is 7.73. The number of ether oxygens (including phenoxy) is 1. The molecule has 0 spiro atoms. The van der Waals surface area contributed by atoms with Crippen molar-refractivity contribution in [3.05, 3.63) is 29.8 Å². The zero-order valence-electron chi connectivity index (χ0n) is 11.0. The Kier molecular flexibility index (Phi) is 3.69. The molecular formula is C15H20N2O2. The number of para-hydroxylation sites is 1. The first-order valence-electron chi connectivity index (χ1n) is 7.07. The molecule has 2 N–H and O–H groups in total. The average molecular weight is 260 g/mol. The van der Waals surface area contributed by atoms with Gasteiger partial charge in [-0.1, -0.05) is 31.0 Å². The minimum atomic E-state index is -0.288. The van der Waals surface area contributed by atoms with Gasteiger partial charge in [-0.25, -0.2) is 0 Å². The van der Waals surface area contributed by atoms with Crippen LogP contribution in [0.25, 0.3) is 0 Å². The van der Waals surface area contributed by atoms with Gasteiger partial charge in [-0.15, -0.1) is 0 Å². The second-order valence-corrected chi connectivity index (χ2v) is 5.31. The van der Waals surface area contributed by atoms with Gasteiger partial charge in [0, 0.05) is 12.2 Å². The monoisotopic (exact) mass is 260 g/mol. The number of carbonyl (C=O) groups excluding carboxylic acids is 1. The van der Waals surface area contributed by atoms with Gasteiger partial charge < -0.3 is 15.4 Å². The molecule has 1 amide bonds. The number of carbonyl (C=O) groups is 1. The van der Waals surface area contributed by atoms with Crippen LogP contribution in [0.2, 0.25) is 0 Å². The predicted octanol–water partition coefficient (Wildman–Crippen LogP) is 2.06. The molecule has 1 fully saturated rings. The molecule has 0 saturated heterocycles. The second-order valence-electron chi connectivity index (χ2n) is 5.31. The van der Waals surface area contributed by atoms with Crippen molar-refractivity contribution in [2.75, 3.05) is 11.9 Å². The maximum atomic E-state index is 12.0. The molecule has 1 heterocycles. The van der Waals surface area contributed by atoms with E-state index in [4.69, 9.17) is 4.74 Å². The summed E-state index contributed by atoms with van der Waals surface area (Å²) in [7, 11) is 0. The van der Waals surface area contributed by atoms with E-state index in [0.29, 0.717) is 19.3 Å². The van der Waals surface area contributed by atoms with E-state index in [1.807, 2.05) is 24.3 Å². The summed E-state index contributed by atoms with van der Waals surface area (Å²) in [4.78, 5) is 12.0. The van der Waals surface area contributed by atoms with Crippen molar-refractivity contribution in [2.24, 2.45) is 0 Å². The molecule has 1 unspecified atom stereocenters. The number of amides is 1. The largest absolute Gasteiger partial charge is 0.376 e. The fraction of sp³-hybridized carbons (Fsp3) is 0.533. The van der Waals surface area contributed by atoms with Crippen LogP contribution >= 0.6 is 0 Å². The molecule has 1 aromatic rings. The van der Waals surface area contributed by atoms with Gasteiger partial charge >= 0.3 is 0 Å². The Labute approximate surface area is 113 Å². The zero-order valence-corrected chi connectivity index (χ0v) is 11.0. The van der Waals surface area contributed by atoms with Gasteiger partial charge in [0.05, 0.1) is 12.7 Å². The van der Waals surface area contributed by atoms with Crippen LogP contribution in [0, 0.1) is 0 Å². The third-order valence-corrected chi connectivity index (χ3v) is 3.92. The molecule has 19 heavy (non-hydrogen) atoms. The molecule has 1 saturated carbocycles. The molecule has 1 aliphatic heterocycles. The quantitative estimate of drug-likeness (QED) is 0.874. The Morgan fingerprint density at radius 2 is 2.00 bits per heavy atom. The minimum absolute atomic E-state index is 0.0224. The summed E-state index contributed by atoms with van der Waals surface area (Å²) in [5, 5.41) is 6.24. The highest BCUT2D eigenvalue weighted by Crippen LogP contribution is 2.22. The highest BCUT2D eigenvalue weighted by atomic mass is 16.5. The molecule has 0 bridgehead atoms. The van der Waals surface area contributed by atoms with E-state index in [2.05, 4.69) is 10.6 Å². The second kappa shape index (κ2) is 5.61. The molecule has 2 aliphatic rings. The first-order valence-corrected chi connectivity index (χ1v) is 7.07. The molecule has 1 aliphatic carbocycles. The van der Waals surface area contributed by atoms with Crippen LogP contribution in [0.3, 0.4) is 0 Å². The molecule has 0 radical (unpaired) electrons. The standard InChI is InChI=1S/C15H20N2O2/c18-15-14(10-19-12-6-2-3-7-12)17-13-8-4-1-5-11(13)9-16-15/h1,4-5,8,12,14,17H,2-3,6-7,9-10H2,(H,16,18). The smallest absolute Gasteiger partial charge is 0.245 e. The first kappa shape index (κ1) is 12.5. The Morgan fingerprint density at radius 1 is 1.21 bits per heavy atom. The number of hydrogen-bond donors (Lipinski definition) is 2. The van der Waals surface area contributed by atoms with Gasteiger partial charge in [-0.3, -0.25) is 4.79 Å². The van der Waals surface area contributed by atoms with Gasteiger partial charge in [-0.05, 0) is 24.5 Å². The van der Waals surface area contributed by atoms with E-state index >= 15 is 0 Å². The number of rotatable bonds is 3. The SMILES string of the molecule is O=C1NCc2ccccc2NC1COC1CCCC1. The van der Waals surface area contributed by atoms with Crippen molar-refractivity contribution in [3.63, 3.8) is 0 Å². The van der Waals surface area contributed by atoms with Gasteiger partial charge in [0.15, 0.2) is 0 Å². The summed E-state index contributed by atoms with van der Waals surface area (Å²) >= 11 is 0. The van der Waals surface area contributed by atoms with Crippen LogP contribution in [-0.2, 0) is 16.1 Å². The van der Waals surface area contributed by atoms with Crippen molar-refractivity contribution in [2.45, 2.75) is 44.4 Å². The fourth-order valence-electron chi connectivity index (χ4n) is 2.78. The summed E-state index contributed by atoms with van der Waals surface area (Å²) in [5.74, 6) is 0.0224. The van der Waals surface area contributed by atoms with Gasteiger partial charge in [0.25, 0.3) is 0 Å². The van der Waals surface area contributed by atoms with E-state index in [-0.39, 0.29) is 11.9 Å². The zero-order chi connectivity index (χ0) is 13.1. The minimum Gasteiger partial charge on any atom is -0.376 e. The first-order chi connectivity index (χ1) is 9.33. The number of fused-ring (bicyclic) bond motifs is 1. The van der Waals surface area contributed by atoms with Crippen molar-refractivity contribution in [1.82, 2.24) is 5.32 Å². The molecule has 3 rings (SSSR count). The van der Waals surface area contributed by atoms with E-state index in [1.165, 1.54) is 12.8 Å². The maximum Gasteiger partial charge on any atom is 0.245 e. The van der Waals surface area contributed by atoms with E-state index in [9.17, 15) is 4.79 Å². The average Bonchev–Trinajstić information content (AvgIpc) is 2.89. The predicted molar refractivity (Wildman–Crippen MR) is 73.9 cm³/mol. The van der Waals surface area contributed by atoms with Crippen molar-refractivity contribution < 1.29 is 9.53 Å². The molecular weight excluding hydrogens is 240 g/mol. The van der Waals surface area contributed by atoms with Crippen LogP contribution in [0.5, 0.6) is 0 Å². The van der Waals surface area contributed by atoms with Crippen LogP contribution in [0.1, 0.15) is 31.2 Å². The van der Waals surface area contributed by atoms with Crippen molar-refractivity contribution in [3.8, 4) is 0 Å². The Bertz CT molecular complexity index is 455. The maximum absolute atomic E-state index is 12.0. The molecule has 1 atom stereocenters. The summed E-state index contributed by atoms with van der Waals surface area (Å²) in [6.45, 7) is 1.03. The number of benzene rings is 1. The molecule has 4 nitrogen and oxygen atoms in total. The Balaban J connectivity index is 1.65. The van der Waals surface area contributed by atoms with E-state index in [0.717, 1.165) is 24.1 Å². The van der Waals surface area contributed by atoms with Gasteiger partial charge in [0.1, 0.15) is 6.04 Å². The van der Waals surface area contributed by atoms with E-state index in [1.54, 1.807) is 0 Å².